The molecule has 0 spiro atoms. The fourth-order valence-corrected chi connectivity index (χ4v) is 4.40. The maximum atomic E-state index is 12.5. The Kier molecular flexibility index (Phi) is 16.2. The van der Waals surface area contributed by atoms with Crippen LogP contribution in [-0.4, -0.2) is 4.98 Å². The lowest BCUT2D eigenvalue weighted by atomic mass is 9.95. The molecule has 4 heteroatoms. The van der Waals surface area contributed by atoms with E-state index >= 15 is 0 Å². The van der Waals surface area contributed by atoms with Gasteiger partial charge in [-0.1, -0.05) is 110 Å². The van der Waals surface area contributed by atoms with Crippen LogP contribution in [0, 0.1) is 42.3 Å². The zero-order chi connectivity index (χ0) is 32.5. The first-order valence-corrected chi connectivity index (χ1v) is 15.0. The molecule has 3 nitrogen and oxygen atoms in total. The third kappa shape index (κ3) is 12.6. The second kappa shape index (κ2) is 19.0. The molecule has 0 saturated heterocycles. The zero-order valence-corrected chi connectivity index (χ0v) is 27.6. The number of rotatable bonds is 4. The minimum Gasteiger partial charge on any atom is -0.261 e. The smallest absolute Gasteiger partial charge is 0.123 e. The fraction of sp³-hybridized carbons (Fsp3) is 0.359. The number of pyridine rings is 1. The number of hydrogen-bond acceptors (Lipinski definition) is 3. The summed E-state index contributed by atoms with van der Waals surface area (Å²) >= 11 is 0. The van der Waals surface area contributed by atoms with Crippen LogP contribution in [0.4, 0.5) is 4.39 Å². The van der Waals surface area contributed by atoms with Gasteiger partial charge in [-0.25, -0.2) is 4.39 Å². The van der Waals surface area contributed by atoms with Gasteiger partial charge in [0.15, 0.2) is 0 Å². The molecule has 1 aromatic heterocycles. The maximum absolute atomic E-state index is 12.5. The van der Waals surface area contributed by atoms with Crippen LogP contribution in [0.3, 0.4) is 0 Å². The van der Waals surface area contributed by atoms with Crippen molar-refractivity contribution in [1.82, 2.24) is 4.98 Å². The molecule has 1 heterocycles. The van der Waals surface area contributed by atoms with Crippen LogP contribution >= 0.6 is 0 Å². The molecule has 226 valence electrons. The van der Waals surface area contributed by atoms with Crippen molar-refractivity contribution in [2.45, 2.75) is 92.9 Å². The molecule has 4 rings (SSSR count). The number of hydrogen-bond donors (Lipinski definition) is 0. The SMILES string of the molecule is CC(C)c1cccc(F)c1.CC(C)c1ccccc1C#N.Cc1cccc(C(C)C)c1C#N.Cc1ncccc1C(C)C. The molecule has 0 radical (unpaired) electrons. The molecule has 0 fully saturated rings. The Balaban J connectivity index is 0.000000287. The lowest BCUT2D eigenvalue weighted by molar-refractivity contribution is 0.623. The van der Waals surface area contributed by atoms with Gasteiger partial charge in [0.2, 0.25) is 0 Å². The number of aromatic nitrogens is 1. The Morgan fingerprint density at radius 3 is 1.58 bits per heavy atom. The van der Waals surface area contributed by atoms with Crippen LogP contribution in [0.1, 0.15) is 124 Å². The second-order valence-electron chi connectivity index (χ2n) is 11.7. The summed E-state index contributed by atoms with van der Waals surface area (Å²) in [5.74, 6) is 1.72. The number of nitrogens with zero attached hydrogens (tertiary/aromatic N) is 3. The molecule has 0 aliphatic heterocycles. The van der Waals surface area contributed by atoms with Crippen LogP contribution in [0.25, 0.3) is 0 Å². The number of aryl methyl sites for hydroxylation is 2. The molecular formula is C39H48FN3. The van der Waals surface area contributed by atoms with Gasteiger partial charge in [0.25, 0.3) is 0 Å². The van der Waals surface area contributed by atoms with Crippen LogP contribution in [0.15, 0.2) is 85.1 Å². The molecule has 0 aliphatic rings. The van der Waals surface area contributed by atoms with Crippen molar-refractivity contribution >= 4 is 0 Å². The van der Waals surface area contributed by atoms with Gasteiger partial charge < -0.3 is 0 Å². The van der Waals surface area contributed by atoms with E-state index in [1.54, 1.807) is 12.1 Å². The first-order valence-electron chi connectivity index (χ1n) is 15.0. The lowest BCUT2D eigenvalue weighted by Crippen LogP contribution is -1.94. The highest BCUT2D eigenvalue weighted by atomic mass is 19.1. The Morgan fingerprint density at radius 2 is 1.16 bits per heavy atom. The molecule has 0 unspecified atom stereocenters. The van der Waals surface area contributed by atoms with Gasteiger partial charge in [-0.05, 0) is 89.6 Å². The molecule has 0 N–H and O–H groups in total. The lowest BCUT2D eigenvalue weighted by Gasteiger charge is -2.08. The zero-order valence-electron chi connectivity index (χ0n) is 27.6. The minimum absolute atomic E-state index is 0.147. The first kappa shape index (κ1) is 36.7. The van der Waals surface area contributed by atoms with E-state index in [4.69, 9.17) is 10.5 Å². The summed E-state index contributed by atoms with van der Waals surface area (Å²) in [5.41, 5.74) is 8.55. The van der Waals surface area contributed by atoms with Gasteiger partial charge in [-0.2, -0.15) is 10.5 Å². The van der Waals surface area contributed by atoms with Gasteiger partial charge in [0, 0.05) is 11.9 Å². The normalized spacial score (nSPS) is 10.1. The Morgan fingerprint density at radius 1 is 0.605 bits per heavy atom. The molecule has 43 heavy (non-hydrogen) atoms. The molecule has 0 saturated carbocycles. The molecule has 0 bridgehead atoms. The molecule has 0 amide bonds. The molecule has 0 aliphatic carbocycles. The summed E-state index contributed by atoms with van der Waals surface area (Å²) in [6.07, 6.45) is 1.83. The van der Waals surface area contributed by atoms with Gasteiger partial charge in [0.1, 0.15) is 5.82 Å². The van der Waals surface area contributed by atoms with Crippen molar-refractivity contribution in [2.24, 2.45) is 0 Å². The first-order chi connectivity index (χ1) is 20.3. The molecular weight excluding hydrogens is 529 g/mol. The van der Waals surface area contributed by atoms with Crippen LogP contribution in [-0.2, 0) is 0 Å². The van der Waals surface area contributed by atoms with Gasteiger partial charge in [-0.15, -0.1) is 0 Å². The van der Waals surface area contributed by atoms with E-state index < -0.39 is 0 Å². The van der Waals surface area contributed by atoms with Crippen LogP contribution in [0.5, 0.6) is 0 Å². The third-order valence-electron chi connectivity index (χ3n) is 6.93. The average molecular weight is 578 g/mol. The largest absolute Gasteiger partial charge is 0.261 e. The Labute approximate surface area is 260 Å². The molecule has 4 aromatic rings. The second-order valence-corrected chi connectivity index (χ2v) is 11.7. The van der Waals surface area contributed by atoms with E-state index in [2.05, 4.69) is 85.5 Å². The van der Waals surface area contributed by atoms with Crippen LogP contribution in [0.2, 0.25) is 0 Å². The van der Waals surface area contributed by atoms with Gasteiger partial charge in [0.05, 0.1) is 23.3 Å². The fourth-order valence-electron chi connectivity index (χ4n) is 4.40. The van der Waals surface area contributed by atoms with Crippen molar-refractivity contribution in [2.75, 3.05) is 0 Å². The predicted molar refractivity (Wildman–Crippen MR) is 179 cm³/mol. The standard InChI is InChI=1S/C11H13N.C10H11N.C9H11F.C9H13N/c1-8(2)10-6-4-5-9(3)11(10)7-12;1-8(2)10-6-4-3-5-9(10)7-11;1-7(2)8-4-3-5-9(10)6-8;1-7(2)9-5-4-6-10-8(9)3/h4-6,8H,1-3H3;3-6,8H,1-2H3;3-7H,1-2H3;4-7H,1-3H3. The summed E-state index contributed by atoms with van der Waals surface area (Å²) in [6, 6.07) is 29.0. The van der Waals surface area contributed by atoms with Crippen molar-refractivity contribution in [3.05, 3.63) is 136 Å². The van der Waals surface area contributed by atoms with E-state index in [-0.39, 0.29) is 5.82 Å². The third-order valence-corrected chi connectivity index (χ3v) is 6.93. The van der Waals surface area contributed by atoms with Gasteiger partial charge in [-0.3, -0.25) is 4.98 Å². The van der Waals surface area contributed by atoms with E-state index in [1.165, 1.54) is 11.6 Å². The number of halogens is 1. The highest BCUT2D eigenvalue weighted by Crippen LogP contribution is 2.21. The highest BCUT2D eigenvalue weighted by Gasteiger charge is 2.07. The van der Waals surface area contributed by atoms with E-state index in [9.17, 15) is 4.39 Å². The molecule has 0 atom stereocenters. The quantitative estimate of drug-likeness (QED) is 0.242. The average Bonchev–Trinajstić information content (AvgIpc) is 2.98. The van der Waals surface area contributed by atoms with Crippen molar-refractivity contribution in [3.8, 4) is 12.1 Å². The molecule has 3 aromatic carbocycles. The number of nitriles is 2. The minimum atomic E-state index is -0.147. The van der Waals surface area contributed by atoms with Crippen molar-refractivity contribution in [3.63, 3.8) is 0 Å². The van der Waals surface area contributed by atoms with Crippen molar-refractivity contribution < 1.29 is 4.39 Å². The summed E-state index contributed by atoms with van der Waals surface area (Å²) in [4.78, 5) is 4.20. The summed E-state index contributed by atoms with van der Waals surface area (Å²) < 4.78 is 12.5. The summed E-state index contributed by atoms with van der Waals surface area (Å²) in [6.45, 7) is 20.9. The van der Waals surface area contributed by atoms with E-state index in [1.807, 2.05) is 67.7 Å². The maximum Gasteiger partial charge on any atom is 0.123 e. The van der Waals surface area contributed by atoms with Crippen molar-refractivity contribution in [1.29, 1.82) is 10.5 Å². The highest BCUT2D eigenvalue weighted by molar-refractivity contribution is 5.45. The van der Waals surface area contributed by atoms with E-state index in [0.29, 0.717) is 23.7 Å². The number of benzene rings is 3. The van der Waals surface area contributed by atoms with Gasteiger partial charge >= 0.3 is 0 Å². The summed E-state index contributed by atoms with van der Waals surface area (Å²) in [5, 5.41) is 17.6. The predicted octanol–water partition coefficient (Wildman–Crippen LogP) is 11.1. The van der Waals surface area contributed by atoms with Crippen LogP contribution < -0.4 is 0 Å². The Hall–Kier alpha value is -4.28. The summed E-state index contributed by atoms with van der Waals surface area (Å²) in [7, 11) is 0. The monoisotopic (exact) mass is 577 g/mol. The Bertz CT molecular complexity index is 1490. The van der Waals surface area contributed by atoms with E-state index in [0.717, 1.165) is 39.1 Å². The topological polar surface area (TPSA) is 60.5 Å².